The standard InChI is InChI=1S/C26H25NO3/c1-18-8-10-21(11-9-18)24-23(20-12-14-22(30-2)15-13-20)25(28)26(29)27(24)17-16-19-6-4-3-5-7-19/h3-15,24,28H,16-17H2,1-2H3/t24-/m1/s1. The number of ether oxygens (including phenoxy) is 1. The minimum absolute atomic E-state index is 0.182. The molecule has 3 aromatic carbocycles. The number of methoxy groups -OCH3 is 1. The van der Waals surface area contributed by atoms with E-state index in [-0.39, 0.29) is 17.7 Å². The third-order valence-corrected chi connectivity index (χ3v) is 5.58. The highest BCUT2D eigenvalue weighted by Crippen LogP contribution is 2.43. The van der Waals surface area contributed by atoms with Gasteiger partial charge in [0.1, 0.15) is 5.75 Å². The first-order valence-corrected chi connectivity index (χ1v) is 10.1. The zero-order chi connectivity index (χ0) is 21.1. The van der Waals surface area contributed by atoms with E-state index < -0.39 is 0 Å². The number of carbonyl (C=O) groups excluding carboxylic acids is 1. The summed E-state index contributed by atoms with van der Waals surface area (Å²) in [5.41, 5.74) is 4.74. The van der Waals surface area contributed by atoms with Gasteiger partial charge in [-0.05, 0) is 42.2 Å². The fourth-order valence-corrected chi connectivity index (χ4v) is 3.94. The molecular formula is C26H25NO3. The quantitative estimate of drug-likeness (QED) is 0.627. The van der Waals surface area contributed by atoms with Crippen molar-refractivity contribution in [1.82, 2.24) is 4.90 Å². The Bertz CT molecular complexity index is 1050. The van der Waals surface area contributed by atoms with E-state index in [4.69, 9.17) is 4.74 Å². The molecule has 1 aliphatic rings. The van der Waals surface area contributed by atoms with E-state index in [1.54, 1.807) is 12.0 Å². The molecule has 1 heterocycles. The van der Waals surface area contributed by atoms with E-state index in [1.165, 1.54) is 0 Å². The van der Waals surface area contributed by atoms with Gasteiger partial charge in [0, 0.05) is 12.1 Å². The summed E-state index contributed by atoms with van der Waals surface area (Å²) in [7, 11) is 1.62. The highest BCUT2D eigenvalue weighted by atomic mass is 16.5. The molecule has 1 amide bonds. The van der Waals surface area contributed by atoms with Gasteiger partial charge in [0.15, 0.2) is 5.76 Å². The minimum atomic E-state index is -0.338. The van der Waals surface area contributed by atoms with Crippen LogP contribution in [0.25, 0.3) is 5.57 Å². The predicted octanol–water partition coefficient (Wildman–Crippen LogP) is 5.10. The molecule has 152 valence electrons. The average molecular weight is 399 g/mol. The normalized spacial score (nSPS) is 16.3. The van der Waals surface area contributed by atoms with Crippen molar-refractivity contribution in [2.24, 2.45) is 0 Å². The van der Waals surface area contributed by atoms with Gasteiger partial charge in [-0.1, -0.05) is 72.3 Å². The second-order valence-corrected chi connectivity index (χ2v) is 7.54. The molecule has 0 aromatic heterocycles. The largest absolute Gasteiger partial charge is 0.503 e. The van der Waals surface area contributed by atoms with Crippen LogP contribution in [0.5, 0.6) is 5.75 Å². The molecule has 0 saturated heterocycles. The predicted molar refractivity (Wildman–Crippen MR) is 118 cm³/mol. The Kier molecular flexibility index (Phi) is 5.57. The Hall–Kier alpha value is -3.53. The number of aryl methyl sites for hydroxylation is 1. The van der Waals surface area contributed by atoms with Crippen LogP contribution in [0.3, 0.4) is 0 Å². The van der Waals surface area contributed by atoms with E-state index in [2.05, 4.69) is 12.1 Å². The molecule has 0 saturated carbocycles. The van der Waals surface area contributed by atoms with Crippen LogP contribution in [0.1, 0.15) is 28.3 Å². The van der Waals surface area contributed by atoms with E-state index >= 15 is 0 Å². The molecule has 4 rings (SSSR count). The highest BCUT2D eigenvalue weighted by Gasteiger charge is 2.40. The third-order valence-electron chi connectivity index (χ3n) is 5.58. The third kappa shape index (κ3) is 3.81. The lowest BCUT2D eigenvalue weighted by Crippen LogP contribution is -2.32. The van der Waals surface area contributed by atoms with Crippen LogP contribution in [0, 0.1) is 6.92 Å². The van der Waals surface area contributed by atoms with Crippen molar-refractivity contribution in [3.05, 3.63) is 107 Å². The van der Waals surface area contributed by atoms with Gasteiger partial charge in [0.2, 0.25) is 0 Å². The zero-order valence-corrected chi connectivity index (χ0v) is 17.2. The molecular weight excluding hydrogens is 374 g/mol. The summed E-state index contributed by atoms with van der Waals surface area (Å²) in [4.78, 5) is 14.8. The summed E-state index contributed by atoms with van der Waals surface area (Å²) in [6, 6.07) is 25.4. The lowest BCUT2D eigenvalue weighted by Gasteiger charge is -2.27. The molecule has 3 aromatic rings. The van der Waals surface area contributed by atoms with Crippen molar-refractivity contribution in [2.75, 3.05) is 13.7 Å². The molecule has 0 spiro atoms. The highest BCUT2D eigenvalue weighted by molar-refractivity contribution is 6.05. The second kappa shape index (κ2) is 8.46. The Morgan fingerprint density at radius 1 is 0.933 bits per heavy atom. The Morgan fingerprint density at radius 3 is 2.23 bits per heavy atom. The molecule has 4 nitrogen and oxygen atoms in total. The van der Waals surface area contributed by atoms with E-state index in [0.717, 1.165) is 34.4 Å². The Labute approximate surface area is 177 Å². The molecule has 0 radical (unpaired) electrons. The van der Waals surface area contributed by atoms with Crippen molar-refractivity contribution in [1.29, 1.82) is 0 Å². The van der Waals surface area contributed by atoms with Crippen LogP contribution in [-0.2, 0) is 11.2 Å². The fourth-order valence-electron chi connectivity index (χ4n) is 3.94. The fraction of sp³-hybridized carbons (Fsp3) is 0.192. The zero-order valence-electron chi connectivity index (χ0n) is 17.2. The number of hydrogen-bond donors (Lipinski definition) is 1. The molecule has 0 bridgehead atoms. The molecule has 30 heavy (non-hydrogen) atoms. The first-order chi connectivity index (χ1) is 14.6. The summed E-state index contributed by atoms with van der Waals surface area (Å²) >= 11 is 0. The summed E-state index contributed by atoms with van der Waals surface area (Å²) in [5.74, 6) is 0.220. The van der Waals surface area contributed by atoms with E-state index in [1.807, 2.05) is 73.7 Å². The van der Waals surface area contributed by atoms with E-state index in [9.17, 15) is 9.90 Å². The molecule has 0 aliphatic carbocycles. The number of carbonyl (C=O) groups is 1. The number of nitrogens with zero attached hydrogens (tertiary/aromatic N) is 1. The monoisotopic (exact) mass is 399 g/mol. The van der Waals surface area contributed by atoms with Crippen molar-refractivity contribution in [3.8, 4) is 5.75 Å². The van der Waals surface area contributed by atoms with Crippen LogP contribution in [0.2, 0.25) is 0 Å². The first kappa shape index (κ1) is 19.8. The van der Waals surface area contributed by atoms with Gasteiger partial charge in [-0.15, -0.1) is 0 Å². The molecule has 0 fully saturated rings. The Balaban J connectivity index is 1.72. The number of aliphatic hydroxyl groups excluding tert-OH is 1. The SMILES string of the molecule is COc1ccc(C2=C(O)C(=O)N(CCc3ccccc3)[C@@H]2c2ccc(C)cc2)cc1. The molecule has 1 atom stereocenters. The molecule has 1 N–H and O–H groups in total. The number of benzene rings is 3. The van der Waals surface area contributed by atoms with Crippen LogP contribution < -0.4 is 4.74 Å². The Morgan fingerprint density at radius 2 is 1.60 bits per heavy atom. The van der Waals surface area contributed by atoms with Crippen molar-refractivity contribution in [2.45, 2.75) is 19.4 Å². The van der Waals surface area contributed by atoms with Crippen molar-refractivity contribution < 1.29 is 14.6 Å². The van der Waals surface area contributed by atoms with Crippen LogP contribution in [-0.4, -0.2) is 29.6 Å². The topological polar surface area (TPSA) is 49.8 Å². The molecule has 4 heteroatoms. The lowest BCUT2D eigenvalue weighted by molar-refractivity contribution is -0.129. The van der Waals surface area contributed by atoms with Gasteiger partial charge in [-0.2, -0.15) is 0 Å². The summed E-state index contributed by atoms with van der Waals surface area (Å²) < 4.78 is 5.26. The first-order valence-electron chi connectivity index (χ1n) is 10.1. The van der Waals surface area contributed by atoms with Gasteiger partial charge in [-0.3, -0.25) is 4.79 Å². The average Bonchev–Trinajstić information content (AvgIpc) is 3.04. The number of rotatable bonds is 6. The minimum Gasteiger partial charge on any atom is -0.503 e. The van der Waals surface area contributed by atoms with Gasteiger partial charge in [0.05, 0.1) is 13.2 Å². The number of hydrogen-bond acceptors (Lipinski definition) is 3. The summed E-state index contributed by atoms with van der Waals surface area (Å²) in [5, 5.41) is 10.8. The maximum Gasteiger partial charge on any atom is 0.289 e. The van der Waals surface area contributed by atoms with Gasteiger partial charge >= 0.3 is 0 Å². The molecule has 0 unspecified atom stereocenters. The number of aliphatic hydroxyl groups is 1. The van der Waals surface area contributed by atoms with E-state index in [0.29, 0.717) is 12.1 Å². The van der Waals surface area contributed by atoms with Crippen LogP contribution >= 0.6 is 0 Å². The van der Waals surface area contributed by atoms with Crippen LogP contribution in [0.4, 0.5) is 0 Å². The number of amides is 1. The molecule has 1 aliphatic heterocycles. The van der Waals surface area contributed by atoms with Gasteiger partial charge < -0.3 is 14.7 Å². The summed E-state index contributed by atoms with van der Waals surface area (Å²) in [6.45, 7) is 2.56. The van der Waals surface area contributed by atoms with Gasteiger partial charge in [-0.25, -0.2) is 0 Å². The van der Waals surface area contributed by atoms with Crippen molar-refractivity contribution >= 4 is 11.5 Å². The maximum atomic E-state index is 13.1. The lowest BCUT2D eigenvalue weighted by atomic mass is 9.93. The second-order valence-electron chi connectivity index (χ2n) is 7.54. The van der Waals surface area contributed by atoms with Gasteiger partial charge in [0.25, 0.3) is 5.91 Å². The van der Waals surface area contributed by atoms with Crippen molar-refractivity contribution in [3.63, 3.8) is 0 Å². The smallest absolute Gasteiger partial charge is 0.289 e. The maximum absolute atomic E-state index is 13.1. The van der Waals surface area contributed by atoms with Crippen LogP contribution in [0.15, 0.2) is 84.6 Å². The summed E-state index contributed by atoms with van der Waals surface area (Å²) in [6.07, 6.45) is 0.720.